The highest BCUT2D eigenvalue weighted by Crippen LogP contribution is 2.31. The molecular formula is C17H22N2O3. The Balaban J connectivity index is 1.54. The van der Waals surface area contributed by atoms with Crippen LogP contribution in [0.5, 0.6) is 0 Å². The number of hydrogen-bond acceptors (Lipinski definition) is 4. The number of anilines is 1. The summed E-state index contributed by atoms with van der Waals surface area (Å²) in [5.74, 6) is 0.0706. The normalized spacial score (nSPS) is 30.5. The minimum absolute atomic E-state index is 0.0706. The van der Waals surface area contributed by atoms with Crippen molar-refractivity contribution in [2.75, 3.05) is 37.8 Å². The number of morpholine rings is 1. The first-order valence-electron chi connectivity index (χ1n) is 8.13. The first-order chi connectivity index (χ1) is 10.8. The van der Waals surface area contributed by atoms with Gasteiger partial charge < -0.3 is 14.4 Å². The van der Waals surface area contributed by atoms with E-state index < -0.39 is 0 Å². The molecule has 0 saturated carbocycles. The Morgan fingerprint density at radius 1 is 1.05 bits per heavy atom. The van der Waals surface area contributed by atoms with E-state index in [0.29, 0.717) is 6.04 Å². The number of benzene rings is 1. The van der Waals surface area contributed by atoms with Gasteiger partial charge in [-0.05, 0) is 25.0 Å². The fourth-order valence-electron chi connectivity index (χ4n) is 3.90. The second-order valence-electron chi connectivity index (χ2n) is 6.31. The number of para-hydroxylation sites is 1. The van der Waals surface area contributed by atoms with Gasteiger partial charge in [-0.1, -0.05) is 18.2 Å². The van der Waals surface area contributed by atoms with Gasteiger partial charge in [-0.15, -0.1) is 0 Å². The van der Waals surface area contributed by atoms with Gasteiger partial charge in [0.1, 0.15) is 6.61 Å². The quantitative estimate of drug-likeness (QED) is 0.825. The number of nitrogens with zero attached hydrogens (tertiary/aromatic N) is 2. The lowest BCUT2D eigenvalue weighted by molar-refractivity contribution is -0.130. The van der Waals surface area contributed by atoms with Crippen LogP contribution in [0, 0.1) is 0 Å². The molecule has 0 unspecified atom stereocenters. The Kier molecular flexibility index (Phi) is 3.86. The van der Waals surface area contributed by atoms with Gasteiger partial charge in [0.05, 0.1) is 12.1 Å². The number of likely N-dealkylation sites (tertiary alicyclic amines) is 1. The topological polar surface area (TPSA) is 42.0 Å². The van der Waals surface area contributed by atoms with E-state index in [2.05, 4.69) is 4.90 Å². The van der Waals surface area contributed by atoms with Crippen LogP contribution in [0.2, 0.25) is 0 Å². The molecule has 3 saturated heterocycles. The van der Waals surface area contributed by atoms with E-state index in [1.807, 2.05) is 35.2 Å². The van der Waals surface area contributed by atoms with Gasteiger partial charge in [0.15, 0.2) is 0 Å². The number of amides is 1. The molecule has 1 aromatic carbocycles. The average molecular weight is 302 g/mol. The van der Waals surface area contributed by atoms with Crippen molar-refractivity contribution in [3.05, 3.63) is 30.3 Å². The fourth-order valence-corrected chi connectivity index (χ4v) is 3.90. The van der Waals surface area contributed by atoms with Crippen LogP contribution in [0.3, 0.4) is 0 Å². The molecule has 0 radical (unpaired) electrons. The van der Waals surface area contributed by atoms with Crippen LogP contribution < -0.4 is 4.90 Å². The van der Waals surface area contributed by atoms with Crippen LogP contribution in [0.4, 0.5) is 5.69 Å². The number of fused-ring (bicyclic) bond motifs is 1. The third kappa shape index (κ3) is 2.53. The molecule has 3 heterocycles. The molecule has 5 nitrogen and oxygen atoms in total. The van der Waals surface area contributed by atoms with Crippen LogP contribution in [-0.4, -0.2) is 61.9 Å². The lowest BCUT2D eigenvalue weighted by Crippen LogP contribution is -2.54. The summed E-state index contributed by atoms with van der Waals surface area (Å²) in [6.45, 7) is 3.71. The maximum Gasteiger partial charge on any atom is 0.253 e. The Labute approximate surface area is 130 Å². The van der Waals surface area contributed by atoms with E-state index >= 15 is 0 Å². The Morgan fingerprint density at radius 2 is 1.82 bits per heavy atom. The minimum Gasteiger partial charge on any atom is -0.381 e. The Bertz CT molecular complexity index is 530. The van der Waals surface area contributed by atoms with Gasteiger partial charge in [0.2, 0.25) is 0 Å². The third-order valence-electron chi connectivity index (χ3n) is 5.03. The lowest BCUT2D eigenvalue weighted by atomic mass is 10.1. The summed E-state index contributed by atoms with van der Waals surface area (Å²) < 4.78 is 11.3. The second kappa shape index (κ2) is 5.99. The molecule has 1 aromatic rings. The number of ether oxygens (including phenoxy) is 2. The molecule has 0 aromatic heterocycles. The van der Waals surface area contributed by atoms with Crippen molar-refractivity contribution in [1.29, 1.82) is 0 Å². The molecule has 0 aliphatic carbocycles. The molecule has 1 amide bonds. The summed E-state index contributed by atoms with van der Waals surface area (Å²) in [4.78, 5) is 16.8. The van der Waals surface area contributed by atoms with Gasteiger partial charge >= 0.3 is 0 Å². The third-order valence-corrected chi connectivity index (χ3v) is 5.03. The van der Waals surface area contributed by atoms with Crippen molar-refractivity contribution < 1.29 is 14.3 Å². The standard InChI is InChI=1S/C17H22N2O3/c20-17-12-22-16-11-18(13-6-8-21-9-7-13)10-15(16)19(17)14-4-2-1-3-5-14/h1-5,13,15-16H,6-12H2/t15-,16+/m0/s1. The molecule has 3 aliphatic rings. The van der Waals surface area contributed by atoms with Crippen LogP contribution in [0.1, 0.15) is 12.8 Å². The van der Waals surface area contributed by atoms with Gasteiger partial charge in [0, 0.05) is 38.0 Å². The molecule has 22 heavy (non-hydrogen) atoms. The maximum atomic E-state index is 12.4. The SMILES string of the molecule is O=C1CO[C@@H]2CN(C3CCOCC3)C[C@@H]2N1c1ccccc1. The van der Waals surface area contributed by atoms with Gasteiger partial charge in [-0.3, -0.25) is 9.69 Å². The predicted octanol–water partition coefficient (Wildman–Crippen LogP) is 1.28. The van der Waals surface area contributed by atoms with Crippen molar-refractivity contribution >= 4 is 11.6 Å². The molecule has 0 N–H and O–H groups in total. The summed E-state index contributed by atoms with van der Waals surface area (Å²) in [5.41, 5.74) is 0.986. The first kappa shape index (κ1) is 14.2. The van der Waals surface area contributed by atoms with E-state index in [-0.39, 0.29) is 24.7 Å². The largest absolute Gasteiger partial charge is 0.381 e. The van der Waals surface area contributed by atoms with E-state index in [9.17, 15) is 4.79 Å². The van der Waals surface area contributed by atoms with Crippen LogP contribution >= 0.6 is 0 Å². The van der Waals surface area contributed by atoms with Crippen molar-refractivity contribution in [2.45, 2.75) is 31.0 Å². The molecule has 4 rings (SSSR count). The average Bonchev–Trinajstić information content (AvgIpc) is 3.00. The van der Waals surface area contributed by atoms with Crippen molar-refractivity contribution in [2.24, 2.45) is 0 Å². The van der Waals surface area contributed by atoms with Crippen LogP contribution in [0.25, 0.3) is 0 Å². The predicted molar refractivity (Wildman–Crippen MR) is 82.9 cm³/mol. The zero-order valence-electron chi connectivity index (χ0n) is 12.7. The molecule has 3 aliphatic heterocycles. The number of carbonyl (C=O) groups is 1. The molecule has 5 heteroatoms. The summed E-state index contributed by atoms with van der Waals surface area (Å²) in [5, 5.41) is 0. The van der Waals surface area contributed by atoms with E-state index in [4.69, 9.17) is 9.47 Å². The Hall–Kier alpha value is -1.43. The highest BCUT2D eigenvalue weighted by atomic mass is 16.5. The molecular weight excluding hydrogens is 280 g/mol. The highest BCUT2D eigenvalue weighted by Gasteiger charge is 2.45. The zero-order chi connectivity index (χ0) is 14.9. The monoisotopic (exact) mass is 302 g/mol. The zero-order valence-corrected chi connectivity index (χ0v) is 12.7. The van der Waals surface area contributed by atoms with E-state index in [0.717, 1.165) is 44.8 Å². The fraction of sp³-hybridized carbons (Fsp3) is 0.588. The summed E-state index contributed by atoms with van der Waals surface area (Å²) >= 11 is 0. The summed E-state index contributed by atoms with van der Waals surface area (Å²) in [6.07, 6.45) is 2.29. The smallest absolute Gasteiger partial charge is 0.253 e. The summed E-state index contributed by atoms with van der Waals surface area (Å²) in [6, 6.07) is 10.7. The van der Waals surface area contributed by atoms with Crippen LogP contribution in [-0.2, 0) is 14.3 Å². The van der Waals surface area contributed by atoms with Gasteiger partial charge in [0.25, 0.3) is 5.91 Å². The molecule has 3 fully saturated rings. The number of hydrogen-bond donors (Lipinski definition) is 0. The molecule has 118 valence electrons. The first-order valence-corrected chi connectivity index (χ1v) is 8.13. The van der Waals surface area contributed by atoms with Crippen molar-refractivity contribution in [3.8, 4) is 0 Å². The van der Waals surface area contributed by atoms with Gasteiger partial charge in [-0.25, -0.2) is 0 Å². The second-order valence-corrected chi connectivity index (χ2v) is 6.31. The lowest BCUT2D eigenvalue weighted by Gasteiger charge is -2.36. The van der Waals surface area contributed by atoms with Crippen molar-refractivity contribution in [3.63, 3.8) is 0 Å². The van der Waals surface area contributed by atoms with E-state index in [1.165, 1.54) is 0 Å². The number of carbonyl (C=O) groups excluding carboxylic acids is 1. The molecule has 0 spiro atoms. The molecule has 2 atom stereocenters. The van der Waals surface area contributed by atoms with Gasteiger partial charge in [-0.2, -0.15) is 0 Å². The maximum absolute atomic E-state index is 12.4. The Morgan fingerprint density at radius 3 is 2.59 bits per heavy atom. The van der Waals surface area contributed by atoms with Crippen molar-refractivity contribution in [1.82, 2.24) is 4.90 Å². The van der Waals surface area contributed by atoms with Crippen LogP contribution in [0.15, 0.2) is 30.3 Å². The minimum atomic E-state index is 0.0706. The number of rotatable bonds is 2. The van der Waals surface area contributed by atoms with E-state index in [1.54, 1.807) is 0 Å². The highest BCUT2D eigenvalue weighted by molar-refractivity contribution is 5.95. The molecule has 0 bridgehead atoms. The summed E-state index contributed by atoms with van der Waals surface area (Å²) in [7, 11) is 0.